The molecule has 0 aliphatic carbocycles. The Bertz CT molecular complexity index is 381. The van der Waals surface area contributed by atoms with Crippen LogP contribution in [-0.2, 0) is 0 Å². The van der Waals surface area contributed by atoms with Gasteiger partial charge in [-0.1, -0.05) is 34.5 Å². The molecule has 16 heavy (non-hydrogen) atoms. The normalized spacial score (nSPS) is 12.2. The van der Waals surface area contributed by atoms with E-state index in [1.165, 1.54) is 0 Å². The van der Waals surface area contributed by atoms with Crippen molar-refractivity contribution in [1.82, 2.24) is 5.32 Å². The Hall–Kier alpha value is -0.540. The van der Waals surface area contributed by atoms with E-state index in [4.69, 9.17) is 11.6 Å². The van der Waals surface area contributed by atoms with Crippen molar-refractivity contribution >= 4 is 33.4 Å². The van der Waals surface area contributed by atoms with Crippen LogP contribution >= 0.6 is 27.5 Å². The van der Waals surface area contributed by atoms with Crippen LogP contribution in [0.3, 0.4) is 0 Å². The number of carbonyl (C=O) groups is 1. The van der Waals surface area contributed by atoms with Crippen molar-refractivity contribution in [2.45, 2.75) is 25.1 Å². The van der Waals surface area contributed by atoms with Gasteiger partial charge in [0.2, 0.25) is 0 Å². The van der Waals surface area contributed by atoms with Crippen LogP contribution in [0.1, 0.15) is 29.3 Å². The molecule has 0 aliphatic heterocycles. The van der Waals surface area contributed by atoms with Crippen LogP contribution in [0.4, 0.5) is 0 Å². The number of hydrogen-bond acceptors (Lipinski definition) is 1. The molecule has 1 aromatic rings. The fraction of sp³-hybridized carbons (Fsp3) is 0.417. The van der Waals surface area contributed by atoms with E-state index in [-0.39, 0.29) is 5.91 Å². The zero-order chi connectivity index (χ0) is 12.1. The van der Waals surface area contributed by atoms with Crippen LogP contribution < -0.4 is 5.32 Å². The van der Waals surface area contributed by atoms with E-state index in [1.807, 2.05) is 6.92 Å². The zero-order valence-corrected chi connectivity index (χ0v) is 11.7. The molecule has 1 atom stereocenters. The highest BCUT2D eigenvalue weighted by molar-refractivity contribution is 9.09. The summed E-state index contributed by atoms with van der Waals surface area (Å²) in [5, 5.41) is 3.53. The fourth-order valence-electron chi connectivity index (χ4n) is 1.32. The Kier molecular flexibility index (Phi) is 5.29. The molecule has 1 rings (SSSR count). The van der Waals surface area contributed by atoms with Gasteiger partial charge in [0.25, 0.3) is 5.91 Å². The Morgan fingerprint density at radius 2 is 2.25 bits per heavy atom. The van der Waals surface area contributed by atoms with Crippen molar-refractivity contribution in [3.8, 4) is 0 Å². The summed E-state index contributed by atoms with van der Waals surface area (Å²) in [6.45, 7) is 4.59. The summed E-state index contributed by atoms with van der Waals surface area (Å²) in [6, 6.07) is 5.28. The second kappa shape index (κ2) is 6.26. The summed E-state index contributed by atoms with van der Waals surface area (Å²) in [5.74, 6) is -0.0490. The van der Waals surface area contributed by atoms with Crippen LogP contribution in [-0.4, -0.2) is 17.3 Å². The van der Waals surface area contributed by atoms with Crippen LogP contribution in [0.2, 0.25) is 5.02 Å². The van der Waals surface area contributed by atoms with Gasteiger partial charge in [0.1, 0.15) is 0 Å². The molecule has 2 nitrogen and oxygen atoms in total. The molecule has 0 saturated carbocycles. The molecule has 4 heteroatoms. The molecular formula is C12H15BrClNO. The molecule has 0 aliphatic rings. The molecule has 88 valence electrons. The summed E-state index contributed by atoms with van der Waals surface area (Å²) in [6.07, 6.45) is 0.986. The van der Waals surface area contributed by atoms with E-state index in [2.05, 4.69) is 28.2 Å². The third-order valence-electron chi connectivity index (χ3n) is 2.36. The summed E-state index contributed by atoms with van der Waals surface area (Å²) < 4.78 is 0. The number of hydrogen-bond donors (Lipinski definition) is 1. The molecule has 0 saturated heterocycles. The van der Waals surface area contributed by atoms with Crippen molar-refractivity contribution in [2.75, 3.05) is 6.54 Å². The Balaban J connectivity index is 2.66. The first kappa shape index (κ1) is 13.5. The first-order chi connectivity index (χ1) is 7.54. The minimum atomic E-state index is -0.0490. The SMILES string of the molecule is CCC(Br)CNC(=O)c1ccc(Cl)cc1C. The highest BCUT2D eigenvalue weighted by Crippen LogP contribution is 2.15. The predicted molar refractivity (Wildman–Crippen MR) is 71.5 cm³/mol. The first-order valence-corrected chi connectivity index (χ1v) is 6.52. The van der Waals surface area contributed by atoms with Gasteiger partial charge in [0, 0.05) is 22.0 Å². The topological polar surface area (TPSA) is 29.1 Å². The third kappa shape index (κ3) is 3.80. The maximum absolute atomic E-state index is 11.8. The molecule has 0 aromatic heterocycles. The molecule has 0 radical (unpaired) electrons. The highest BCUT2D eigenvalue weighted by Gasteiger charge is 2.10. The maximum atomic E-state index is 11.8. The van der Waals surface area contributed by atoms with Crippen LogP contribution in [0.15, 0.2) is 18.2 Å². The summed E-state index contributed by atoms with van der Waals surface area (Å²) in [5.41, 5.74) is 1.58. The third-order valence-corrected chi connectivity index (χ3v) is 3.57. The number of benzene rings is 1. The zero-order valence-electron chi connectivity index (χ0n) is 9.39. The first-order valence-electron chi connectivity index (χ1n) is 5.23. The molecule has 0 spiro atoms. The monoisotopic (exact) mass is 303 g/mol. The minimum Gasteiger partial charge on any atom is -0.351 e. The number of amides is 1. The van der Waals surface area contributed by atoms with Crippen LogP contribution in [0.25, 0.3) is 0 Å². The van der Waals surface area contributed by atoms with Gasteiger partial charge < -0.3 is 5.32 Å². The lowest BCUT2D eigenvalue weighted by atomic mass is 10.1. The van der Waals surface area contributed by atoms with Crippen molar-refractivity contribution in [3.63, 3.8) is 0 Å². The Morgan fingerprint density at radius 3 is 2.81 bits per heavy atom. The van der Waals surface area contributed by atoms with E-state index in [0.29, 0.717) is 22.0 Å². The fourth-order valence-corrected chi connectivity index (χ4v) is 1.71. The molecule has 1 unspecified atom stereocenters. The van der Waals surface area contributed by atoms with E-state index >= 15 is 0 Å². The predicted octanol–water partition coefficient (Wildman–Crippen LogP) is 3.55. The van der Waals surface area contributed by atoms with Gasteiger partial charge in [-0.2, -0.15) is 0 Å². The number of nitrogens with one attached hydrogen (secondary N) is 1. The van der Waals surface area contributed by atoms with Gasteiger partial charge in [-0.3, -0.25) is 4.79 Å². The van der Waals surface area contributed by atoms with E-state index in [9.17, 15) is 4.79 Å². The van der Waals surface area contributed by atoms with Crippen molar-refractivity contribution in [1.29, 1.82) is 0 Å². The van der Waals surface area contributed by atoms with Gasteiger partial charge in [0.05, 0.1) is 0 Å². The minimum absolute atomic E-state index is 0.0490. The number of carbonyl (C=O) groups excluding carboxylic acids is 1. The smallest absolute Gasteiger partial charge is 0.251 e. The number of rotatable bonds is 4. The largest absolute Gasteiger partial charge is 0.351 e. The molecule has 0 fully saturated rings. The average molecular weight is 305 g/mol. The Morgan fingerprint density at radius 1 is 1.56 bits per heavy atom. The standard InChI is InChI=1S/C12H15BrClNO/c1-3-9(13)7-15-12(16)11-5-4-10(14)6-8(11)2/h4-6,9H,3,7H2,1-2H3,(H,15,16). The molecule has 1 aromatic carbocycles. The summed E-state index contributed by atoms with van der Waals surface area (Å²) >= 11 is 9.30. The molecule has 0 heterocycles. The lowest BCUT2D eigenvalue weighted by Crippen LogP contribution is -2.29. The van der Waals surface area contributed by atoms with Crippen molar-refractivity contribution < 1.29 is 4.79 Å². The van der Waals surface area contributed by atoms with Gasteiger partial charge in [-0.15, -0.1) is 0 Å². The summed E-state index contributed by atoms with van der Waals surface area (Å²) in [7, 11) is 0. The molecule has 1 amide bonds. The second-order valence-electron chi connectivity index (χ2n) is 3.67. The van der Waals surface area contributed by atoms with Gasteiger partial charge in [0.15, 0.2) is 0 Å². The van der Waals surface area contributed by atoms with Crippen molar-refractivity contribution in [2.24, 2.45) is 0 Å². The lowest BCUT2D eigenvalue weighted by Gasteiger charge is -2.10. The van der Waals surface area contributed by atoms with Gasteiger partial charge >= 0.3 is 0 Å². The number of alkyl halides is 1. The maximum Gasteiger partial charge on any atom is 0.251 e. The average Bonchev–Trinajstić information content (AvgIpc) is 2.25. The van der Waals surface area contributed by atoms with Crippen molar-refractivity contribution in [3.05, 3.63) is 34.3 Å². The van der Waals surface area contributed by atoms with Gasteiger partial charge in [-0.25, -0.2) is 0 Å². The quantitative estimate of drug-likeness (QED) is 0.847. The van der Waals surface area contributed by atoms with E-state index in [1.54, 1.807) is 18.2 Å². The van der Waals surface area contributed by atoms with Gasteiger partial charge in [-0.05, 0) is 37.1 Å². The molecule has 1 N–H and O–H groups in total. The molecule has 0 bridgehead atoms. The van der Waals surface area contributed by atoms with E-state index < -0.39 is 0 Å². The lowest BCUT2D eigenvalue weighted by molar-refractivity contribution is 0.0953. The van der Waals surface area contributed by atoms with E-state index in [0.717, 1.165) is 12.0 Å². The van der Waals surface area contributed by atoms with Crippen LogP contribution in [0, 0.1) is 6.92 Å². The number of halogens is 2. The number of aryl methyl sites for hydroxylation is 1. The highest BCUT2D eigenvalue weighted by atomic mass is 79.9. The second-order valence-corrected chi connectivity index (χ2v) is 5.41. The Labute approximate surface area is 110 Å². The summed E-state index contributed by atoms with van der Waals surface area (Å²) in [4.78, 5) is 12.1. The molecular weight excluding hydrogens is 289 g/mol. The van der Waals surface area contributed by atoms with Crippen LogP contribution in [0.5, 0.6) is 0 Å².